The van der Waals surface area contributed by atoms with Crippen LogP contribution in [0, 0.1) is 6.92 Å². The van der Waals surface area contributed by atoms with Crippen LogP contribution in [0.2, 0.25) is 0 Å². The number of nitrogens with one attached hydrogen (secondary N) is 2. The molecule has 33 heavy (non-hydrogen) atoms. The lowest BCUT2D eigenvalue weighted by molar-refractivity contribution is -0.144. The highest BCUT2D eigenvalue weighted by Crippen LogP contribution is 2.30. The molecule has 0 bridgehead atoms. The van der Waals surface area contributed by atoms with Gasteiger partial charge in [-0.3, -0.25) is 9.59 Å². The van der Waals surface area contributed by atoms with Crippen molar-refractivity contribution in [1.29, 1.82) is 0 Å². The highest BCUT2D eigenvalue weighted by Gasteiger charge is 2.35. The zero-order valence-corrected chi connectivity index (χ0v) is 18.2. The van der Waals surface area contributed by atoms with Gasteiger partial charge in [-0.1, -0.05) is 23.8 Å². The van der Waals surface area contributed by atoms with Crippen LogP contribution in [0.25, 0.3) is 6.08 Å². The number of benzene rings is 2. The number of hydrogen-bond acceptors (Lipinski definition) is 6. The molecular formula is C23H23N3O7. The van der Waals surface area contributed by atoms with E-state index >= 15 is 0 Å². The number of aryl methyl sites for hydroxylation is 1. The fourth-order valence-corrected chi connectivity index (χ4v) is 2.98. The summed E-state index contributed by atoms with van der Waals surface area (Å²) in [7, 11) is 1.39. The summed E-state index contributed by atoms with van der Waals surface area (Å²) >= 11 is 0. The molecule has 2 aromatic rings. The van der Waals surface area contributed by atoms with Crippen LogP contribution in [-0.2, 0) is 14.4 Å². The molecule has 1 fully saturated rings. The molecule has 1 saturated heterocycles. The van der Waals surface area contributed by atoms with Crippen molar-refractivity contribution in [2.75, 3.05) is 19.0 Å². The Morgan fingerprint density at radius 1 is 1.15 bits per heavy atom. The predicted octanol–water partition coefficient (Wildman–Crippen LogP) is 2.39. The van der Waals surface area contributed by atoms with E-state index in [0.29, 0.717) is 11.3 Å². The molecule has 1 unspecified atom stereocenters. The number of urea groups is 1. The maximum atomic E-state index is 12.7. The summed E-state index contributed by atoms with van der Waals surface area (Å²) in [4.78, 5) is 49.0. The number of anilines is 1. The zero-order chi connectivity index (χ0) is 24.1. The number of hydrogen-bond donors (Lipinski definition) is 3. The highest BCUT2D eigenvalue weighted by atomic mass is 16.5. The van der Waals surface area contributed by atoms with Crippen molar-refractivity contribution in [3.8, 4) is 11.5 Å². The molecule has 1 aliphatic heterocycles. The van der Waals surface area contributed by atoms with Crippen molar-refractivity contribution in [2.45, 2.75) is 20.0 Å². The van der Waals surface area contributed by atoms with E-state index in [4.69, 9.17) is 14.6 Å². The molecule has 4 amide bonds. The highest BCUT2D eigenvalue weighted by molar-refractivity contribution is 6.16. The summed E-state index contributed by atoms with van der Waals surface area (Å²) < 4.78 is 10.6. The molecule has 3 rings (SSSR count). The van der Waals surface area contributed by atoms with Crippen LogP contribution in [0.4, 0.5) is 10.5 Å². The molecule has 3 N–H and O–H groups in total. The molecule has 0 radical (unpaired) electrons. The molecule has 10 heteroatoms. The predicted molar refractivity (Wildman–Crippen MR) is 119 cm³/mol. The molecule has 0 aliphatic carbocycles. The van der Waals surface area contributed by atoms with E-state index < -0.39 is 36.5 Å². The van der Waals surface area contributed by atoms with Gasteiger partial charge in [0.2, 0.25) is 5.91 Å². The smallest absolute Gasteiger partial charge is 0.344 e. The van der Waals surface area contributed by atoms with Crippen molar-refractivity contribution in [2.24, 2.45) is 0 Å². The van der Waals surface area contributed by atoms with Crippen molar-refractivity contribution >= 4 is 35.6 Å². The number of nitrogens with zero attached hydrogens (tertiary/aromatic N) is 1. The van der Waals surface area contributed by atoms with E-state index in [0.717, 1.165) is 10.5 Å². The summed E-state index contributed by atoms with van der Waals surface area (Å²) in [6.07, 6.45) is 0.337. The third kappa shape index (κ3) is 5.67. The first kappa shape index (κ1) is 23.3. The lowest BCUT2D eigenvalue weighted by Crippen LogP contribution is -2.38. The van der Waals surface area contributed by atoms with Gasteiger partial charge in [0.25, 0.3) is 5.91 Å². The van der Waals surface area contributed by atoms with E-state index in [2.05, 4.69) is 10.6 Å². The van der Waals surface area contributed by atoms with Crippen LogP contribution in [0.5, 0.6) is 11.5 Å². The third-order valence-electron chi connectivity index (χ3n) is 4.75. The Kier molecular flexibility index (Phi) is 6.97. The van der Waals surface area contributed by atoms with Gasteiger partial charge in [0.1, 0.15) is 12.2 Å². The first-order valence-corrected chi connectivity index (χ1v) is 9.96. The van der Waals surface area contributed by atoms with Crippen LogP contribution < -0.4 is 20.1 Å². The molecule has 0 saturated carbocycles. The number of carbonyl (C=O) groups is 4. The summed E-state index contributed by atoms with van der Waals surface area (Å²) in [6, 6.07) is 11.0. The Bertz CT molecular complexity index is 1130. The number of rotatable bonds is 8. The Hall–Kier alpha value is -4.34. The molecule has 1 atom stereocenters. The Morgan fingerprint density at radius 2 is 1.85 bits per heavy atom. The Balaban J connectivity index is 1.71. The Morgan fingerprint density at radius 3 is 2.48 bits per heavy atom. The zero-order valence-electron chi connectivity index (χ0n) is 18.2. The first-order chi connectivity index (χ1) is 15.7. The molecule has 172 valence electrons. The van der Waals surface area contributed by atoms with Gasteiger partial charge < -0.3 is 25.2 Å². The van der Waals surface area contributed by atoms with Gasteiger partial charge in [0.05, 0.1) is 7.11 Å². The molecule has 0 aromatic heterocycles. The van der Waals surface area contributed by atoms with Gasteiger partial charge in [-0.25, -0.2) is 14.5 Å². The number of aliphatic carboxylic acids is 1. The molecule has 10 nitrogen and oxygen atoms in total. The maximum absolute atomic E-state index is 12.7. The average molecular weight is 453 g/mol. The van der Waals surface area contributed by atoms with E-state index in [1.165, 1.54) is 32.2 Å². The van der Waals surface area contributed by atoms with Gasteiger partial charge >= 0.3 is 12.0 Å². The van der Waals surface area contributed by atoms with Crippen LogP contribution in [0.3, 0.4) is 0 Å². The number of methoxy groups -OCH3 is 1. The summed E-state index contributed by atoms with van der Waals surface area (Å²) in [5.74, 6) is -1.83. The van der Waals surface area contributed by atoms with Gasteiger partial charge in [-0.05, 0) is 49.8 Å². The van der Waals surface area contributed by atoms with Crippen LogP contribution >= 0.6 is 0 Å². The number of carboxylic acid groups (broad SMARTS) is 1. The van der Waals surface area contributed by atoms with E-state index in [9.17, 15) is 19.2 Å². The van der Waals surface area contributed by atoms with Crippen LogP contribution in [0.15, 0.2) is 48.2 Å². The molecule has 1 heterocycles. The Labute approximate surface area is 189 Å². The van der Waals surface area contributed by atoms with E-state index in [1.807, 2.05) is 19.1 Å². The van der Waals surface area contributed by atoms with Crippen molar-refractivity contribution in [1.82, 2.24) is 10.2 Å². The van der Waals surface area contributed by atoms with Crippen molar-refractivity contribution in [3.63, 3.8) is 0 Å². The number of amides is 4. The lowest BCUT2D eigenvalue weighted by atomic mass is 10.1. The van der Waals surface area contributed by atoms with Gasteiger partial charge in [-0.15, -0.1) is 0 Å². The maximum Gasteiger partial charge on any atom is 0.344 e. The topological polar surface area (TPSA) is 134 Å². The molecule has 0 spiro atoms. The number of carboxylic acids is 1. The van der Waals surface area contributed by atoms with Gasteiger partial charge in [0.15, 0.2) is 17.6 Å². The molecular weight excluding hydrogens is 430 g/mol. The second-order valence-corrected chi connectivity index (χ2v) is 7.30. The van der Waals surface area contributed by atoms with Gasteiger partial charge in [0, 0.05) is 5.69 Å². The second kappa shape index (κ2) is 9.86. The SMILES string of the molecule is COc1cc(/C=C2\NC(=O)N(CC(=O)Nc3ccc(C)cc3)C2=O)ccc1OC(C)C(=O)O. The minimum atomic E-state index is -1.13. The summed E-state index contributed by atoms with van der Waals surface area (Å²) in [6.45, 7) is 2.85. The number of carbonyl (C=O) groups excluding carboxylic acids is 3. The normalized spacial score (nSPS) is 15.2. The van der Waals surface area contributed by atoms with E-state index in [-0.39, 0.29) is 17.2 Å². The minimum absolute atomic E-state index is 0.0160. The fraction of sp³-hybridized carbons (Fsp3) is 0.217. The van der Waals surface area contributed by atoms with Gasteiger partial charge in [-0.2, -0.15) is 0 Å². The van der Waals surface area contributed by atoms with Crippen LogP contribution in [0.1, 0.15) is 18.1 Å². The standard InChI is InChI=1S/C23H23N3O7/c1-13-4-7-16(8-5-13)24-20(27)12-26-21(28)17(25-23(26)31)10-15-6-9-18(19(11-15)32-3)33-14(2)22(29)30/h4-11,14H,12H2,1-3H3,(H,24,27)(H,25,31)(H,29,30)/b17-10-. The van der Waals surface area contributed by atoms with E-state index in [1.54, 1.807) is 18.2 Å². The summed E-state index contributed by atoms with van der Waals surface area (Å²) in [5, 5.41) is 14.1. The summed E-state index contributed by atoms with van der Waals surface area (Å²) in [5.41, 5.74) is 2.07. The number of imide groups is 1. The molecule has 2 aromatic carbocycles. The van der Waals surface area contributed by atoms with Crippen molar-refractivity contribution in [3.05, 3.63) is 59.3 Å². The average Bonchev–Trinajstić information content (AvgIpc) is 3.03. The quantitative estimate of drug-likeness (QED) is 0.413. The first-order valence-electron chi connectivity index (χ1n) is 9.96. The largest absolute Gasteiger partial charge is 0.493 e. The van der Waals surface area contributed by atoms with Crippen molar-refractivity contribution < 1.29 is 33.8 Å². The lowest BCUT2D eigenvalue weighted by Gasteiger charge is -2.14. The number of ether oxygens (including phenoxy) is 2. The fourth-order valence-electron chi connectivity index (χ4n) is 2.98. The monoisotopic (exact) mass is 453 g/mol. The molecule has 1 aliphatic rings. The minimum Gasteiger partial charge on any atom is -0.493 e. The van der Waals surface area contributed by atoms with Crippen LogP contribution in [-0.4, -0.2) is 53.6 Å². The third-order valence-corrected chi connectivity index (χ3v) is 4.75. The second-order valence-electron chi connectivity index (χ2n) is 7.30.